The van der Waals surface area contributed by atoms with Gasteiger partial charge in [0.25, 0.3) is 6.43 Å². The van der Waals surface area contributed by atoms with Gasteiger partial charge in [-0.3, -0.25) is 9.69 Å². The third-order valence-electron chi connectivity index (χ3n) is 2.27. The van der Waals surface area contributed by atoms with Crippen molar-refractivity contribution in [2.45, 2.75) is 32.2 Å². The molecule has 0 aliphatic heterocycles. The van der Waals surface area contributed by atoms with E-state index < -0.39 is 24.5 Å². The van der Waals surface area contributed by atoms with Crippen LogP contribution in [0.5, 0.6) is 0 Å². The topological polar surface area (TPSA) is 52.6 Å². The minimum atomic E-state index is -2.45. The second-order valence-electron chi connectivity index (χ2n) is 4.15. The van der Waals surface area contributed by atoms with E-state index >= 15 is 0 Å². The van der Waals surface area contributed by atoms with Gasteiger partial charge in [-0.25, -0.2) is 8.78 Å². The summed E-state index contributed by atoms with van der Waals surface area (Å²) in [5, 5.41) is 11.9. The van der Waals surface area contributed by atoms with E-state index in [-0.39, 0.29) is 6.54 Å². The molecule has 0 spiro atoms. The van der Waals surface area contributed by atoms with E-state index in [0.717, 1.165) is 6.42 Å². The van der Waals surface area contributed by atoms with Crippen molar-refractivity contribution in [3.8, 4) is 0 Å². The van der Waals surface area contributed by atoms with Gasteiger partial charge in [0.15, 0.2) is 0 Å². The van der Waals surface area contributed by atoms with Crippen molar-refractivity contribution in [1.29, 1.82) is 0 Å². The molecule has 0 fully saturated rings. The van der Waals surface area contributed by atoms with E-state index in [1.54, 1.807) is 0 Å². The molecule has 0 aliphatic carbocycles. The zero-order chi connectivity index (χ0) is 12.8. The predicted octanol–water partition coefficient (Wildman–Crippen LogP) is 1.03. The second-order valence-corrected chi connectivity index (χ2v) is 4.15. The number of carboxylic acids is 1. The largest absolute Gasteiger partial charge is 0.480 e. The van der Waals surface area contributed by atoms with Crippen LogP contribution in [0.25, 0.3) is 0 Å². The van der Waals surface area contributed by atoms with Crippen LogP contribution in [0.3, 0.4) is 0 Å². The summed E-state index contributed by atoms with van der Waals surface area (Å²) in [7, 11) is 1.49. The Morgan fingerprint density at radius 3 is 2.50 bits per heavy atom. The Morgan fingerprint density at radius 2 is 2.12 bits per heavy atom. The smallest absolute Gasteiger partial charge is 0.324 e. The average Bonchev–Trinajstić information content (AvgIpc) is 2.12. The van der Waals surface area contributed by atoms with Crippen LogP contribution in [-0.2, 0) is 4.79 Å². The van der Waals surface area contributed by atoms with E-state index in [1.807, 2.05) is 6.92 Å². The van der Waals surface area contributed by atoms with E-state index in [4.69, 9.17) is 5.11 Å². The van der Waals surface area contributed by atoms with Crippen LogP contribution >= 0.6 is 0 Å². The average molecular weight is 238 g/mol. The van der Waals surface area contributed by atoms with Crippen molar-refractivity contribution >= 4 is 5.97 Å². The van der Waals surface area contributed by atoms with Crippen molar-refractivity contribution in [2.24, 2.45) is 0 Å². The van der Waals surface area contributed by atoms with Crippen LogP contribution < -0.4 is 5.32 Å². The third kappa shape index (κ3) is 5.37. The highest BCUT2D eigenvalue weighted by molar-refractivity contribution is 5.78. The molecule has 96 valence electrons. The number of hydrogen-bond donors (Lipinski definition) is 2. The molecular weight excluding hydrogens is 218 g/mol. The molecule has 0 aromatic rings. The number of carboxylic acid groups (broad SMARTS) is 1. The lowest BCUT2D eigenvalue weighted by atomic mass is 10.0. The molecule has 0 saturated heterocycles. The van der Waals surface area contributed by atoms with Gasteiger partial charge >= 0.3 is 5.97 Å². The SMILES string of the molecule is CCCNC(C)(CN(C)CC(F)F)C(=O)O. The molecule has 6 heteroatoms. The third-order valence-corrected chi connectivity index (χ3v) is 2.27. The van der Waals surface area contributed by atoms with Crippen LogP contribution in [0.15, 0.2) is 0 Å². The Balaban J connectivity index is 4.36. The zero-order valence-electron chi connectivity index (χ0n) is 9.96. The summed E-state index contributed by atoms with van der Waals surface area (Å²) in [6, 6.07) is 0. The lowest BCUT2D eigenvalue weighted by Gasteiger charge is -2.30. The van der Waals surface area contributed by atoms with Crippen molar-refractivity contribution in [2.75, 3.05) is 26.7 Å². The van der Waals surface area contributed by atoms with Gasteiger partial charge in [-0.2, -0.15) is 0 Å². The van der Waals surface area contributed by atoms with Crippen LogP contribution in [0, 0.1) is 0 Å². The number of halogens is 2. The molecule has 4 nitrogen and oxygen atoms in total. The maximum atomic E-state index is 12.1. The number of aliphatic carboxylic acids is 1. The first-order valence-corrected chi connectivity index (χ1v) is 5.27. The molecule has 0 bridgehead atoms. The molecule has 0 aromatic heterocycles. The van der Waals surface area contributed by atoms with Crippen LogP contribution in [0.2, 0.25) is 0 Å². The van der Waals surface area contributed by atoms with Gasteiger partial charge in [0.2, 0.25) is 0 Å². The van der Waals surface area contributed by atoms with E-state index in [1.165, 1.54) is 18.9 Å². The number of hydrogen-bond acceptors (Lipinski definition) is 3. The van der Waals surface area contributed by atoms with Gasteiger partial charge in [-0.1, -0.05) is 6.92 Å². The first kappa shape index (κ1) is 15.2. The Kier molecular flexibility index (Phi) is 6.43. The zero-order valence-corrected chi connectivity index (χ0v) is 9.96. The minimum Gasteiger partial charge on any atom is -0.480 e. The van der Waals surface area contributed by atoms with Crippen molar-refractivity contribution < 1.29 is 18.7 Å². The van der Waals surface area contributed by atoms with E-state index in [0.29, 0.717) is 6.54 Å². The number of rotatable bonds is 8. The van der Waals surface area contributed by atoms with Crippen molar-refractivity contribution in [3.63, 3.8) is 0 Å². The summed E-state index contributed by atoms with van der Waals surface area (Å²) in [6.45, 7) is 3.60. The minimum absolute atomic E-state index is 0.0483. The van der Waals surface area contributed by atoms with Crippen LogP contribution in [-0.4, -0.2) is 54.6 Å². The number of carbonyl (C=O) groups is 1. The van der Waals surface area contributed by atoms with Crippen LogP contribution in [0.1, 0.15) is 20.3 Å². The summed E-state index contributed by atoms with van der Waals surface area (Å²) < 4.78 is 24.2. The molecule has 2 N–H and O–H groups in total. The molecule has 1 unspecified atom stereocenters. The highest BCUT2D eigenvalue weighted by Crippen LogP contribution is 2.08. The predicted molar refractivity (Wildman–Crippen MR) is 57.8 cm³/mol. The highest BCUT2D eigenvalue weighted by Gasteiger charge is 2.33. The fourth-order valence-electron chi connectivity index (χ4n) is 1.44. The number of nitrogens with zero attached hydrogens (tertiary/aromatic N) is 1. The molecule has 0 saturated carbocycles. The lowest BCUT2D eigenvalue weighted by Crippen LogP contribution is -2.57. The monoisotopic (exact) mass is 238 g/mol. The molecule has 0 heterocycles. The summed E-state index contributed by atoms with van der Waals surface area (Å²) in [6.07, 6.45) is -1.66. The van der Waals surface area contributed by atoms with Crippen molar-refractivity contribution in [1.82, 2.24) is 10.2 Å². The quantitative estimate of drug-likeness (QED) is 0.663. The van der Waals surface area contributed by atoms with Gasteiger partial charge in [0, 0.05) is 6.54 Å². The normalized spacial score (nSPS) is 15.4. The summed E-state index contributed by atoms with van der Waals surface area (Å²) >= 11 is 0. The van der Waals surface area contributed by atoms with Gasteiger partial charge < -0.3 is 10.4 Å². The molecule has 16 heavy (non-hydrogen) atoms. The molecule has 0 rings (SSSR count). The molecule has 0 radical (unpaired) electrons. The van der Waals surface area contributed by atoms with Crippen molar-refractivity contribution in [3.05, 3.63) is 0 Å². The maximum absolute atomic E-state index is 12.1. The van der Waals surface area contributed by atoms with E-state index in [9.17, 15) is 13.6 Å². The second kappa shape index (κ2) is 6.75. The summed E-state index contributed by atoms with van der Waals surface area (Å²) in [4.78, 5) is 12.4. The van der Waals surface area contributed by atoms with Gasteiger partial charge in [-0.15, -0.1) is 0 Å². The summed E-state index contributed by atoms with van der Waals surface area (Å²) in [5.74, 6) is -1.03. The molecule has 0 amide bonds. The van der Waals surface area contributed by atoms with E-state index in [2.05, 4.69) is 5.32 Å². The fraction of sp³-hybridized carbons (Fsp3) is 0.900. The molecule has 0 aliphatic rings. The maximum Gasteiger partial charge on any atom is 0.324 e. The fourth-order valence-corrected chi connectivity index (χ4v) is 1.44. The number of likely N-dealkylation sites (N-methyl/N-ethyl adjacent to an activating group) is 1. The molecular formula is C10H20F2N2O2. The first-order chi connectivity index (χ1) is 7.31. The van der Waals surface area contributed by atoms with Crippen LogP contribution in [0.4, 0.5) is 8.78 Å². The molecule has 0 aromatic carbocycles. The van der Waals surface area contributed by atoms with Gasteiger partial charge in [0.1, 0.15) is 5.54 Å². The Bertz CT molecular complexity index is 227. The first-order valence-electron chi connectivity index (χ1n) is 5.27. The summed E-state index contributed by atoms with van der Waals surface area (Å²) in [5.41, 5.74) is -1.18. The Morgan fingerprint density at radius 1 is 1.56 bits per heavy atom. The van der Waals surface area contributed by atoms with Gasteiger partial charge in [-0.05, 0) is 26.9 Å². The standard InChI is InChI=1S/C10H20F2N2O2/c1-4-5-13-10(2,9(15)16)7-14(3)6-8(11)12/h8,13H,4-7H2,1-3H3,(H,15,16). The number of alkyl halides is 2. The Labute approximate surface area is 94.6 Å². The van der Waals surface area contributed by atoms with Gasteiger partial charge in [0.05, 0.1) is 6.54 Å². The highest BCUT2D eigenvalue weighted by atomic mass is 19.3. The lowest BCUT2D eigenvalue weighted by molar-refractivity contribution is -0.145. The molecule has 1 atom stereocenters. The number of nitrogens with one attached hydrogen (secondary N) is 1. The Hall–Kier alpha value is -0.750.